The molecule has 0 spiro atoms. The number of nitrogens with one attached hydrogen (secondary N) is 2. The standard InChI is InChI=1S/C17H32N2O3/c1-12(8-9-21-6)15(13(2)10-14(3)22-7)11-16(18-4)17(20)19-5/h8,13,15-16,18H,3,9-11H2,1-2,4-7H3,(H,19,20). The summed E-state index contributed by atoms with van der Waals surface area (Å²) in [5.74, 6) is 1.33. The summed E-state index contributed by atoms with van der Waals surface area (Å²) in [4.78, 5) is 12.0. The number of rotatable bonds is 11. The zero-order valence-corrected chi connectivity index (χ0v) is 14.9. The molecule has 3 unspecified atom stereocenters. The highest BCUT2D eigenvalue weighted by Crippen LogP contribution is 2.30. The molecule has 0 aliphatic carbocycles. The van der Waals surface area contributed by atoms with Gasteiger partial charge in [-0.3, -0.25) is 4.79 Å². The summed E-state index contributed by atoms with van der Waals surface area (Å²) in [7, 11) is 6.78. The molecule has 0 rings (SSSR count). The Morgan fingerprint density at radius 1 is 1.32 bits per heavy atom. The van der Waals surface area contributed by atoms with Crippen molar-refractivity contribution in [1.82, 2.24) is 10.6 Å². The molecule has 0 fully saturated rings. The van der Waals surface area contributed by atoms with Crippen LogP contribution in [0.25, 0.3) is 0 Å². The monoisotopic (exact) mass is 312 g/mol. The summed E-state index contributed by atoms with van der Waals surface area (Å²) in [5, 5.41) is 5.80. The SMILES string of the molecule is C=C(CC(C)C(CC(NC)C(=O)NC)C(C)=CCOC)OC. The van der Waals surface area contributed by atoms with Crippen LogP contribution in [0.2, 0.25) is 0 Å². The van der Waals surface area contributed by atoms with E-state index in [1.54, 1.807) is 21.3 Å². The maximum Gasteiger partial charge on any atom is 0.236 e. The number of likely N-dealkylation sites (N-methyl/N-ethyl adjacent to an activating group) is 2. The van der Waals surface area contributed by atoms with Crippen LogP contribution in [-0.2, 0) is 14.3 Å². The molecular formula is C17H32N2O3. The lowest BCUT2D eigenvalue weighted by molar-refractivity contribution is -0.122. The molecule has 22 heavy (non-hydrogen) atoms. The molecule has 0 bridgehead atoms. The van der Waals surface area contributed by atoms with Crippen molar-refractivity contribution in [1.29, 1.82) is 0 Å². The summed E-state index contributed by atoms with van der Waals surface area (Å²) in [6, 6.07) is -0.223. The van der Waals surface area contributed by atoms with Gasteiger partial charge in [-0.15, -0.1) is 0 Å². The van der Waals surface area contributed by atoms with Gasteiger partial charge in [-0.25, -0.2) is 0 Å². The molecule has 5 nitrogen and oxygen atoms in total. The van der Waals surface area contributed by atoms with Gasteiger partial charge >= 0.3 is 0 Å². The lowest BCUT2D eigenvalue weighted by Gasteiger charge is -2.29. The van der Waals surface area contributed by atoms with Crippen molar-refractivity contribution in [3.63, 3.8) is 0 Å². The summed E-state index contributed by atoms with van der Waals surface area (Å²) >= 11 is 0. The number of hydrogen-bond donors (Lipinski definition) is 2. The fourth-order valence-electron chi connectivity index (χ4n) is 2.60. The van der Waals surface area contributed by atoms with E-state index < -0.39 is 0 Å². The fourth-order valence-corrected chi connectivity index (χ4v) is 2.60. The molecule has 128 valence electrons. The van der Waals surface area contributed by atoms with Gasteiger partial charge in [0.25, 0.3) is 0 Å². The van der Waals surface area contributed by atoms with Crippen molar-refractivity contribution in [3.8, 4) is 0 Å². The Labute approximate surface area is 135 Å². The quantitative estimate of drug-likeness (QED) is 0.453. The normalized spacial score (nSPS) is 15.8. The van der Waals surface area contributed by atoms with Gasteiger partial charge < -0.3 is 20.1 Å². The Balaban J connectivity index is 5.14. The van der Waals surface area contributed by atoms with Gasteiger partial charge in [0.15, 0.2) is 0 Å². The van der Waals surface area contributed by atoms with E-state index in [0.29, 0.717) is 12.5 Å². The molecule has 0 aromatic carbocycles. The molecule has 5 heteroatoms. The zero-order chi connectivity index (χ0) is 17.1. The minimum atomic E-state index is -0.223. The highest BCUT2D eigenvalue weighted by Gasteiger charge is 2.26. The van der Waals surface area contributed by atoms with Crippen LogP contribution in [0.3, 0.4) is 0 Å². The van der Waals surface area contributed by atoms with E-state index in [-0.39, 0.29) is 17.9 Å². The third kappa shape index (κ3) is 7.09. The highest BCUT2D eigenvalue weighted by molar-refractivity contribution is 5.81. The Hall–Kier alpha value is -1.33. The highest BCUT2D eigenvalue weighted by atomic mass is 16.5. The molecule has 0 saturated carbocycles. The first-order valence-corrected chi connectivity index (χ1v) is 7.67. The molecule has 0 aromatic rings. The summed E-state index contributed by atoms with van der Waals surface area (Å²) in [6.07, 6.45) is 3.57. The Kier molecular flexibility index (Phi) is 10.6. The van der Waals surface area contributed by atoms with Gasteiger partial charge in [-0.2, -0.15) is 0 Å². The lowest BCUT2D eigenvalue weighted by atomic mass is 9.80. The minimum absolute atomic E-state index is 0.00445. The van der Waals surface area contributed by atoms with Crippen molar-refractivity contribution in [2.45, 2.75) is 32.7 Å². The summed E-state index contributed by atoms with van der Waals surface area (Å²) < 4.78 is 10.3. The molecule has 0 aromatic heterocycles. The maximum atomic E-state index is 12.0. The first-order valence-electron chi connectivity index (χ1n) is 7.67. The number of amides is 1. The fraction of sp³-hybridized carbons (Fsp3) is 0.706. The smallest absolute Gasteiger partial charge is 0.236 e. The molecule has 0 saturated heterocycles. The van der Waals surface area contributed by atoms with E-state index in [1.165, 1.54) is 5.57 Å². The molecule has 0 radical (unpaired) electrons. The Bertz CT molecular complexity index is 380. The molecule has 0 heterocycles. The lowest BCUT2D eigenvalue weighted by Crippen LogP contribution is -2.43. The number of ether oxygens (including phenoxy) is 2. The van der Waals surface area contributed by atoms with Crippen LogP contribution in [0.1, 0.15) is 26.7 Å². The van der Waals surface area contributed by atoms with Crippen LogP contribution in [-0.4, -0.2) is 46.9 Å². The van der Waals surface area contributed by atoms with Crippen LogP contribution < -0.4 is 10.6 Å². The van der Waals surface area contributed by atoms with Crippen molar-refractivity contribution >= 4 is 5.91 Å². The molecular weight excluding hydrogens is 280 g/mol. The predicted molar refractivity (Wildman–Crippen MR) is 90.6 cm³/mol. The molecule has 0 aliphatic heterocycles. The molecule has 0 aliphatic rings. The number of carbonyl (C=O) groups excluding carboxylic acids is 1. The van der Waals surface area contributed by atoms with Gasteiger partial charge in [0.05, 0.1) is 25.5 Å². The average Bonchev–Trinajstić information content (AvgIpc) is 2.52. The van der Waals surface area contributed by atoms with Crippen molar-refractivity contribution < 1.29 is 14.3 Å². The Morgan fingerprint density at radius 2 is 1.95 bits per heavy atom. The largest absolute Gasteiger partial charge is 0.502 e. The van der Waals surface area contributed by atoms with Crippen molar-refractivity contribution in [3.05, 3.63) is 24.0 Å². The van der Waals surface area contributed by atoms with Gasteiger partial charge in [-0.1, -0.05) is 25.2 Å². The second kappa shape index (κ2) is 11.3. The van der Waals surface area contributed by atoms with Crippen molar-refractivity contribution in [2.75, 3.05) is 34.9 Å². The number of hydrogen-bond acceptors (Lipinski definition) is 4. The zero-order valence-electron chi connectivity index (χ0n) is 14.9. The molecule has 2 N–H and O–H groups in total. The van der Waals surface area contributed by atoms with Gasteiger partial charge in [0.1, 0.15) is 0 Å². The van der Waals surface area contributed by atoms with E-state index in [1.807, 2.05) is 7.05 Å². The van der Waals surface area contributed by atoms with Crippen LogP contribution >= 0.6 is 0 Å². The van der Waals surface area contributed by atoms with Crippen molar-refractivity contribution in [2.24, 2.45) is 11.8 Å². The van der Waals surface area contributed by atoms with E-state index in [4.69, 9.17) is 9.47 Å². The first kappa shape index (κ1) is 20.7. The van der Waals surface area contributed by atoms with Gasteiger partial charge in [0.2, 0.25) is 5.91 Å². The molecule has 1 amide bonds. The second-order valence-electron chi connectivity index (χ2n) is 5.63. The second-order valence-corrected chi connectivity index (χ2v) is 5.63. The van der Waals surface area contributed by atoms with E-state index in [9.17, 15) is 4.79 Å². The van der Waals surface area contributed by atoms with Crippen LogP contribution in [0.15, 0.2) is 24.0 Å². The third-order valence-corrected chi connectivity index (χ3v) is 4.08. The number of carbonyl (C=O) groups is 1. The summed E-state index contributed by atoms with van der Waals surface area (Å²) in [6.45, 7) is 8.73. The van der Waals surface area contributed by atoms with E-state index in [2.05, 4.69) is 37.1 Å². The van der Waals surface area contributed by atoms with Gasteiger partial charge in [-0.05, 0) is 32.2 Å². The topological polar surface area (TPSA) is 59.6 Å². The maximum absolute atomic E-state index is 12.0. The number of methoxy groups -OCH3 is 2. The molecule has 3 atom stereocenters. The Morgan fingerprint density at radius 3 is 2.41 bits per heavy atom. The van der Waals surface area contributed by atoms with E-state index in [0.717, 1.165) is 18.6 Å². The first-order chi connectivity index (χ1) is 10.4. The summed E-state index contributed by atoms with van der Waals surface area (Å²) in [5.41, 5.74) is 1.22. The van der Waals surface area contributed by atoms with Crippen LogP contribution in [0, 0.1) is 11.8 Å². The van der Waals surface area contributed by atoms with Gasteiger partial charge in [0, 0.05) is 20.6 Å². The van der Waals surface area contributed by atoms with Crippen LogP contribution in [0.4, 0.5) is 0 Å². The predicted octanol–water partition coefficient (Wildman–Crippen LogP) is 2.11. The number of allylic oxidation sites excluding steroid dienone is 2. The van der Waals surface area contributed by atoms with E-state index >= 15 is 0 Å². The minimum Gasteiger partial charge on any atom is -0.502 e. The van der Waals surface area contributed by atoms with Crippen LogP contribution in [0.5, 0.6) is 0 Å². The third-order valence-electron chi connectivity index (χ3n) is 4.08. The average molecular weight is 312 g/mol.